The Labute approximate surface area is 227 Å². The van der Waals surface area contributed by atoms with E-state index in [-0.39, 0.29) is 11.8 Å². The van der Waals surface area contributed by atoms with Gasteiger partial charge in [0.25, 0.3) is 0 Å². The summed E-state index contributed by atoms with van der Waals surface area (Å²) in [5, 5.41) is 13.7. The van der Waals surface area contributed by atoms with E-state index in [1.165, 1.54) is 6.07 Å². The summed E-state index contributed by atoms with van der Waals surface area (Å²) in [6.45, 7) is 2.30. The number of halogens is 3. The monoisotopic (exact) mass is 577 g/mol. The van der Waals surface area contributed by atoms with Gasteiger partial charge in [0.1, 0.15) is 11.0 Å². The van der Waals surface area contributed by atoms with Gasteiger partial charge in [-0.1, -0.05) is 39.7 Å². The Kier molecular flexibility index (Phi) is 7.38. The van der Waals surface area contributed by atoms with Crippen molar-refractivity contribution in [2.75, 3.05) is 13.1 Å². The van der Waals surface area contributed by atoms with E-state index in [0.717, 1.165) is 38.7 Å². The summed E-state index contributed by atoms with van der Waals surface area (Å²) < 4.78 is 16.6. The largest absolute Gasteiger partial charge is 0.333 e. The fraction of sp³-hybridized carbons (Fsp3) is 0.179. The maximum Gasteiger partial charge on any atom is 0.326 e. The number of hydrogen-bond acceptors (Lipinski definition) is 4. The fourth-order valence-corrected chi connectivity index (χ4v) is 5.23. The molecule has 2 aromatic heterocycles. The number of rotatable bonds is 5. The molecule has 186 valence electrons. The van der Waals surface area contributed by atoms with Crippen molar-refractivity contribution < 1.29 is 9.18 Å². The van der Waals surface area contributed by atoms with Gasteiger partial charge in [-0.2, -0.15) is 5.26 Å². The summed E-state index contributed by atoms with van der Waals surface area (Å²) in [6, 6.07) is 15.7. The van der Waals surface area contributed by atoms with Gasteiger partial charge in [-0.25, -0.2) is 14.2 Å². The highest BCUT2D eigenvalue weighted by atomic mass is 79.9. The highest BCUT2D eigenvalue weighted by Crippen LogP contribution is 2.32. The molecule has 37 heavy (non-hydrogen) atoms. The summed E-state index contributed by atoms with van der Waals surface area (Å²) in [5.74, 6) is -0.271. The quantitative estimate of drug-likeness (QED) is 0.282. The lowest BCUT2D eigenvalue weighted by atomic mass is 10.0. The number of nitriles is 1. The average molecular weight is 579 g/mol. The molecular weight excluding hydrogens is 557 g/mol. The van der Waals surface area contributed by atoms with Gasteiger partial charge in [-0.3, -0.25) is 9.47 Å². The van der Waals surface area contributed by atoms with E-state index in [0.29, 0.717) is 42.3 Å². The van der Waals surface area contributed by atoms with E-state index < -0.39 is 0 Å². The van der Waals surface area contributed by atoms with E-state index in [9.17, 15) is 14.4 Å². The Balaban J connectivity index is 1.40. The zero-order valence-corrected chi connectivity index (χ0v) is 22.1. The molecule has 2 aromatic carbocycles. The number of fused-ring (bicyclic) bond motifs is 3. The SMILES string of the molecule is N#Cc1ccc2c(c1)c1c(n2C(=O)NCc2ccnc(Cl)c2)CCN(C/C=C/c2cc(Br)ccc2F)C1. The van der Waals surface area contributed by atoms with Crippen LogP contribution in [0.5, 0.6) is 0 Å². The highest BCUT2D eigenvalue weighted by Gasteiger charge is 2.26. The van der Waals surface area contributed by atoms with Gasteiger partial charge in [0.05, 0.1) is 17.1 Å². The Bertz CT molecular complexity index is 1580. The summed E-state index contributed by atoms with van der Waals surface area (Å²) in [4.78, 5) is 19.6. The molecule has 4 aromatic rings. The van der Waals surface area contributed by atoms with Crippen molar-refractivity contribution >= 4 is 50.5 Å². The van der Waals surface area contributed by atoms with Crippen molar-refractivity contribution in [3.63, 3.8) is 0 Å². The second-order valence-electron chi connectivity index (χ2n) is 8.80. The Morgan fingerprint density at radius 2 is 2.11 bits per heavy atom. The molecule has 0 aliphatic carbocycles. The first kappa shape index (κ1) is 25.2. The highest BCUT2D eigenvalue weighted by molar-refractivity contribution is 9.10. The van der Waals surface area contributed by atoms with Gasteiger partial charge in [0, 0.05) is 59.9 Å². The van der Waals surface area contributed by atoms with Crippen LogP contribution < -0.4 is 5.32 Å². The van der Waals surface area contributed by atoms with Gasteiger partial charge in [-0.05, 0) is 59.7 Å². The van der Waals surface area contributed by atoms with Crippen LogP contribution in [0.1, 0.15) is 27.9 Å². The molecular formula is C28H22BrClFN5O. The number of pyridine rings is 1. The number of aromatic nitrogens is 2. The van der Waals surface area contributed by atoms with E-state index >= 15 is 0 Å². The lowest BCUT2D eigenvalue weighted by Crippen LogP contribution is -2.34. The van der Waals surface area contributed by atoms with Crippen LogP contribution in [0.15, 0.2) is 65.3 Å². The summed E-state index contributed by atoms with van der Waals surface area (Å²) >= 11 is 9.36. The molecule has 1 aliphatic heterocycles. The molecule has 0 radical (unpaired) electrons. The number of nitrogens with zero attached hydrogens (tertiary/aromatic N) is 4. The third-order valence-corrected chi connectivity index (χ3v) is 7.11. The topological polar surface area (TPSA) is 74.0 Å². The molecule has 6 nitrogen and oxygen atoms in total. The molecule has 3 heterocycles. The molecule has 0 spiro atoms. The zero-order valence-electron chi connectivity index (χ0n) is 19.7. The molecule has 9 heteroatoms. The lowest BCUT2D eigenvalue weighted by Gasteiger charge is -2.27. The van der Waals surface area contributed by atoms with Gasteiger partial charge < -0.3 is 5.32 Å². The first-order chi connectivity index (χ1) is 17.9. The minimum atomic E-state index is -0.271. The third kappa shape index (κ3) is 5.44. The van der Waals surface area contributed by atoms with Crippen LogP contribution in [0.4, 0.5) is 9.18 Å². The molecule has 0 saturated carbocycles. The normalized spacial score (nSPS) is 13.6. The first-order valence-electron chi connectivity index (χ1n) is 11.7. The standard InChI is InChI=1S/C28H22BrClFN5O/c29-21-4-5-24(31)20(14-21)2-1-10-35-11-8-26-23(17-35)22-12-18(15-32)3-6-25(22)36(26)28(37)34-16-19-7-9-33-27(30)13-19/h1-7,9,12-14H,8,10-11,16-17H2,(H,34,37)/b2-1+. The van der Waals surface area contributed by atoms with Crippen molar-refractivity contribution in [3.05, 3.63) is 104 Å². The van der Waals surface area contributed by atoms with Gasteiger partial charge in [0.15, 0.2) is 0 Å². The Morgan fingerprint density at radius 1 is 1.24 bits per heavy atom. The van der Waals surface area contributed by atoms with Crippen molar-refractivity contribution in [1.82, 2.24) is 19.8 Å². The second kappa shape index (κ2) is 10.9. The van der Waals surface area contributed by atoms with Crippen LogP contribution in [0.25, 0.3) is 17.0 Å². The van der Waals surface area contributed by atoms with Crippen LogP contribution >= 0.6 is 27.5 Å². The van der Waals surface area contributed by atoms with E-state index in [1.54, 1.807) is 47.2 Å². The number of hydrogen-bond donors (Lipinski definition) is 1. The number of benzene rings is 2. The smallest absolute Gasteiger partial charge is 0.326 e. The Morgan fingerprint density at radius 3 is 2.92 bits per heavy atom. The predicted octanol–water partition coefficient (Wildman–Crippen LogP) is 6.29. The van der Waals surface area contributed by atoms with Gasteiger partial charge >= 0.3 is 6.03 Å². The Hall–Kier alpha value is -3.51. The second-order valence-corrected chi connectivity index (χ2v) is 10.1. The number of nitrogens with one attached hydrogen (secondary N) is 1. The maximum absolute atomic E-state index is 14.1. The molecule has 0 atom stereocenters. The number of carbonyl (C=O) groups is 1. The molecule has 0 saturated heterocycles. The van der Waals surface area contributed by atoms with Crippen molar-refractivity contribution in [3.8, 4) is 6.07 Å². The van der Waals surface area contributed by atoms with Crippen LogP contribution in [0, 0.1) is 17.1 Å². The molecule has 0 fully saturated rings. The number of carbonyl (C=O) groups excluding carboxylic acids is 1. The molecule has 1 aliphatic rings. The third-order valence-electron chi connectivity index (χ3n) is 6.41. The molecule has 1 N–H and O–H groups in total. The van der Waals surface area contributed by atoms with E-state index in [1.807, 2.05) is 18.2 Å². The number of amides is 1. The summed E-state index contributed by atoms with van der Waals surface area (Å²) in [7, 11) is 0. The zero-order chi connectivity index (χ0) is 25.9. The van der Waals surface area contributed by atoms with E-state index in [4.69, 9.17) is 11.6 Å². The van der Waals surface area contributed by atoms with Crippen LogP contribution in [-0.4, -0.2) is 33.6 Å². The van der Waals surface area contributed by atoms with Crippen molar-refractivity contribution in [1.29, 1.82) is 5.26 Å². The summed E-state index contributed by atoms with van der Waals surface area (Å²) in [6.07, 6.45) is 6.00. The van der Waals surface area contributed by atoms with Gasteiger partial charge in [0.2, 0.25) is 0 Å². The average Bonchev–Trinajstić information content (AvgIpc) is 3.22. The fourth-order valence-electron chi connectivity index (χ4n) is 4.65. The molecule has 0 unspecified atom stereocenters. The predicted molar refractivity (Wildman–Crippen MR) is 146 cm³/mol. The maximum atomic E-state index is 14.1. The first-order valence-corrected chi connectivity index (χ1v) is 12.9. The summed E-state index contributed by atoms with van der Waals surface area (Å²) in [5.41, 5.74) is 4.65. The molecule has 0 bridgehead atoms. The van der Waals surface area contributed by atoms with Crippen molar-refractivity contribution in [2.45, 2.75) is 19.5 Å². The van der Waals surface area contributed by atoms with E-state index in [2.05, 4.69) is 37.2 Å². The van der Waals surface area contributed by atoms with Crippen LogP contribution in [0.2, 0.25) is 5.15 Å². The van der Waals surface area contributed by atoms with Gasteiger partial charge in [-0.15, -0.1) is 0 Å². The minimum Gasteiger partial charge on any atom is -0.333 e. The molecule has 5 rings (SSSR count). The van der Waals surface area contributed by atoms with Crippen LogP contribution in [0.3, 0.4) is 0 Å². The van der Waals surface area contributed by atoms with Crippen molar-refractivity contribution in [2.24, 2.45) is 0 Å². The molecule has 1 amide bonds. The minimum absolute atomic E-state index is 0.234. The lowest BCUT2D eigenvalue weighted by molar-refractivity contribution is 0.240. The van der Waals surface area contributed by atoms with Crippen LogP contribution in [-0.2, 0) is 19.5 Å².